The predicted molar refractivity (Wildman–Crippen MR) is 217 cm³/mol. The minimum absolute atomic E-state index is 0.0362. The van der Waals surface area contributed by atoms with Gasteiger partial charge < -0.3 is 41.1 Å². The van der Waals surface area contributed by atoms with Crippen molar-refractivity contribution < 1.29 is 33.6 Å². The van der Waals surface area contributed by atoms with Crippen LogP contribution in [-0.2, 0) is 33.6 Å². The number of likely N-dealkylation sites (N-methyl/N-ethyl adjacent to an activating group) is 1. The number of hydrogen-bond acceptors (Lipinski definition) is 8. The van der Waals surface area contributed by atoms with Gasteiger partial charge in [-0.1, -0.05) is 113 Å². The maximum absolute atomic E-state index is 13.2. The van der Waals surface area contributed by atoms with Crippen LogP contribution in [0, 0.1) is 11.3 Å². The Balaban J connectivity index is 0. The molecule has 13 heteroatoms. The van der Waals surface area contributed by atoms with E-state index < -0.39 is 29.3 Å². The third kappa shape index (κ3) is 28.1. The van der Waals surface area contributed by atoms with Gasteiger partial charge in [0.1, 0.15) is 24.7 Å². The average molecular weight is 767 g/mol. The summed E-state index contributed by atoms with van der Waals surface area (Å²) in [6.45, 7) is 16.9. The van der Waals surface area contributed by atoms with Gasteiger partial charge in [-0.2, -0.15) is 0 Å². The summed E-state index contributed by atoms with van der Waals surface area (Å²) in [6.07, 6.45) is 18.8. The predicted octanol–water partition coefficient (Wildman–Crippen LogP) is 4.99. The lowest BCUT2D eigenvalue weighted by atomic mass is 9.85. The van der Waals surface area contributed by atoms with E-state index in [4.69, 9.17) is 0 Å². The number of carbonyl (C=O) groups is 7. The summed E-state index contributed by atoms with van der Waals surface area (Å²) >= 11 is 0. The highest BCUT2D eigenvalue weighted by atomic mass is 16.2. The van der Waals surface area contributed by atoms with E-state index in [-0.39, 0.29) is 43.3 Å². The number of nitrogens with one attached hydrogen (secondary N) is 5. The van der Waals surface area contributed by atoms with Crippen molar-refractivity contribution in [1.82, 2.24) is 31.5 Å². The minimum atomic E-state index is -0.856. The van der Waals surface area contributed by atoms with Crippen LogP contribution in [0.4, 0.5) is 0 Å². The highest BCUT2D eigenvalue weighted by Gasteiger charge is 2.35. The lowest BCUT2D eigenvalue weighted by Gasteiger charge is -2.34. The molecule has 0 heterocycles. The number of amides is 5. The van der Waals surface area contributed by atoms with Gasteiger partial charge in [-0.05, 0) is 51.0 Å². The van der Waals surface area contributed by atoms with E-state index in [1.165, 1.54) is 63.2 Å². The van der Waals surface area contributed by atoms with Crippen LogP contribution in [0.15, 0.2) is 0 Å². The second-order valence-corrected chi connectivity index (χ2v) is 15.5. The van der Waals surface area contributed by atoms with Crippen molar-refractivity contribution in [1.29, 1.82) is 0 Å². The molecule has 0 aromatic carbocycles. The fourth-order valence-electron chi connectivity index (χ4n) is 5.38. The van der Waals surface area contributed by atoms with Crippen molar-refractivity contribution in [2.75, 3.05) is 26.7 Å². The number of hydrogen-bond donors (Lipinski definition) is 5. The zero-order valence-corrected chi connectivity index (χ0v) is 35.6. The lowest BCUT2D eigenvalue weighted by molar-refractivity contribution is -0.140. The van der Waals surface area contributed by atoms with Gasteiger partial charge in [-0.15, -0.1) is 0 Å². The molecule has 0 aromatic heterocycles. The maximum Gasteiger partial charge on any atom is 0.246 e. The van der Waals surface area contributed by atoms with Crippen LogP contribution >= 0.6 is 0 Å². The topological polar surface area (TPSA) is 183 Å². The number of nitrogens with zero attached hydrogens (tertiary/aromatic N) is 1. The molecule has 0 spiro atoms. The van der Waals surface area contributed by atoms with Crippen LogP contribution in [0.2, 0.25) is 0 Å². The normalized spacial score (nSPS) is 15.6. The van der Waals surface area contributed by atoms with Crippen molar-refractivity contribution >= 4 is 42.1 Å². The Morgan fingerprint density at radius 2 is 1.30 bits per heavy atom. The molecule has 314 valence electrons. The van der Waals surface area contributed by atoms with E-state index in [1.54, 1.807) is 14.0 Å². The van der Waals surface area contributed by atoms with Gasteiger partial charge >= 0.3 is 0 Å². The van der Waals surface area contributed by atoms with E-state index in [1.807, 2.05) is 27.7 Å². The van der Waals surface area contributed by atoms with Crippen LogP contribution < -0.4 is 26.6 Å². The first kappa shape index (κ1) is 52.8. The second kappa shape index (κ2) is 31.9. The van der Waals surface area contributed by atoms with Crippen molar-refractivity contribution in [2.45, 2.75) is 183 Å². The summed E-state index contributed by atoms with van der Waals surface area (Å²) in [7, 11) is 1.80. The molecular formula is C41H78N6O7. The quantitative estimate of drug-likeness (QED) is 0.107. The van der Waals surface area contributed by atoms with Crippen LogP contribution in [0.1, 0.15) is 159 Å². The SMILES string of the molecule is C1CCCCC1.CCC(=O)NC1CC1.CCCC(C=O)NC.CCC[C@H](C)CCN(CC=O)C(=O)C(NC(=O)CNC(=O)[C@@H](C)NC(=O)CC)C(C)(C)C. The molecule has 5 N–H and O–H groups in total. The molecule has 2 saturated carbocycles. The van der Waals surface area contributed by atoms with Gasteiger partial charge in [0.15, 0.2) is 0 Å². The Morgan fingerprint density at radius 3 is 1.69 bits per heavy atom. The van der Waals surface area contributed by atoms with Gasteiger partial charge in [0, 0.05) is 25.4 Å². The van der Waals surface area contributed by atoms with Crippen LogP contribution in [0.25, 0.3) is 0 Å². The van der Waals surface area contributed by atoms with Gasteiger partial charge in [0.25, 0.3) is 0 Å². The summed E-state index contributed by atoms with van der Waals surface area (Å²) in [6, 6.07) is -1.03. The summed E-state index contributed by atoms with van der Waals surface area (Å²) in [5.41, 5.74) is -0.602. The van der Waals surface area contributed by atoms with E-state index in [0.717, 1.165) is 38.4 Å². The Morgan fingerprint density at radius 1 is 0.759 bits per heavy atom. The molecule has 0 bridgehead atoms. The summed E-state index contributed by atoms with van der Waals surface area (Å²) in [5.74, 6) is -0.989. The molecule has 2 aliphatic rings. The fraction of sp³-hybridized carbons (Fsp3) is 0.829. The Bertz CT molecular complexity index is 1060. The highest BCUT2D eigenvalue weighted by molar-refractivity contribution is 5.93. The van der Waals surface area contributed by atoms with E-state index in [0.29, 0.717) is 31.2 Å². The van der Waals surface area contributed by atoms with Crippen LogP contribution in [0.3, 0.4) is 0 Å². The molecule has 2 rings (SSSR count). The third-order valence-electron chi connectivity index (χ3n) is 9.11. The zero-order valence-electron chi connectivity index (χ0n) is 35.6. The number of rotatable bonds is 20. The van der Waals surface area contributed by atoms with Crippen molar-refractivity contribution in [3.63, 3.8) is 0 Å². The summed E-state index contributed by atoms with van der Waals surface area (Å²) in [4.78, 5) is 82.5. The minimum Gasteiger partial charge on any atom is -0.353 e. The van der Waals surface area contributed by atoms with Crippen molar-refractivity contribution in [3.8, 4) is 0 Å². The van der Waals surface area contributed by atoms with Gasteiger partial charge in [0.05, 0.1) is 19.1 Å². The zero-order chi connectivity index (χ0) is 41.5. The molecule has 5 amide bonds. The van der Waals surface area contributed by atoms with E-state index in [2.05, 4.69) is 47.4 Å². The maximum atomic E-state index is 13.2. The molecule has 13 nitrogen and oxygen atoms in total. The van der Waals surface area contributed by atoms with Gasteiger partial charge in [-0.25, -0.2) is 0 Å². The standard InChI is InChI=1S/C23H42N4O5.C6H11NO.C6H13NO.C6H12/c1-8-10-16(3)11-12-27(13-14-28)22(32)20(23(5,6)7)26-19(30)15-24-21(31)17(4)25-18(29)9-2;1-2-6(8)7-5-3-4-5;1-3-4-6(5-8)7-2;1-2-4-6-5-3-1/h14,16-17,20H,8-13,15H2,1-7H3,(H,24,31)(H,25,29)(H,26,30);5H,2-4H2,1H3,(H,7,8);5-7H,3-4H2,1-2H3;1-6H2/t16-,17+,20?;;;/m0.../s1. The number of aldehydes is 2. The van der Waals surface area contributed by atoms with E-state index in [9.17, 15) is 33.6 Å². The van der Waals surface area contributed by atoms with Crippen LogP contribution in [0.5, 0.6) is 0 Å². The Hall–Kier alpha value is -3.35. The first-order valence-electron chi connectivity index (χ1n) is 20.5. The number of carbonyl (C=O) groups excluding carboxylic acids is 7. The first-order valence-corrected chi connectivity index (χ1v) is 20.5. The smallest absolute Gasteiger partial charge is 0.246 e. The molecule has 4 atom stereocenters. The van der Waals surface area contributed by atoms with Crippen LogP contribution in [-0.4, -0.2) is 97.9 Å². The molecule has 2 aliphatic carbocycles. The molecule has 2 fully saturated rings. The second-order valence-electron chi connectivity index (χ2n) is 15.5. The van der Waals surface area contributed by atoms with E-state index >= 15 is 0 Å². The molecular weight excluding hydrogens is 688 g/mol. The molecule has 0 saturated heterocycles. The lowest BCUT2D eigenvalue weighted by Crippen LogP contribution is -2.57. The summed E-state index contributed by atoms with van der Waals surface area (Å²) < 4.78 is 0. The first-order chi connectivity index (χ1) is 25.5. The summed E-state index contributed by atoms with van der Waals surface area (Å²) in [5, 5.41) is 13.4. The average Bonchev–Trinajstić information content (AvgIpc) is 3.98. The fourth-order valence-corrected chi connectivity index (χ4v) is 5.38. The molecule has 54 heavy (non-hydrogen) atoms. The van der Waals surface area contributed by atoms with Gasteiger partial charge in [0.2, 0.25) is 29.5 Å². The monoisotopic (exact) mass is 767 g/mol. The largest absolute Gasteiger partial charge is 0.353 e. The molecule has 0 aliphatic heterocycles. The van der Waals surface area contributed by atoms with Crippen molar-refractivity contribution in [3.05, 3.63) is 0 Å². The molecule has 2 unspecified atom stereocenters. The Labute approximate surface area is 327 Å². The highest BCUT2D eigenvalue weighted by Crippen LogP contribution is 2.22. The Kier molecular flexibility index (Phi) is 31.2. The third-order valence-corrected chi connectivity index (χ3v) is 9.11. The molecule has 0 radical (unpaired) electrons. The van der Waals surface area contributed by atoms with Crippen molar-refractivity contribution in [2.24, 2.45) is 11.3 Å². The molecule has 0 aromatic rings. The van der Waals surface area contributed by atoms with Gasteiger partial charge in [-0.3, -0.25) is 24.0 Å².